The summed E-state index contributed by atoms with van der Waals surface area (Å²) in [6.07, 6.45) is 13.4. The number of aromatic nitrogens is 2. The number of fused-ring (bicyclic) bond motifs is 1. The molecule has 0 saturated carbocycles. The minimum atomic E-state index is -0.202. The van der Waals surface area contributed by atoms with Crippen molar-refractivity contribution in [1.82, 2.24) is 9.97 Å². The van der Waals surface area contributed by atoms with Gasteiger partial charge in [-0.1, -0.05) is 36.4 Å². The van der Waals surface area contributed by atoms with E-state index in [2.05, 4.69) is 20.6 Å². The van der Waals surface area contributed by atoms with E-state index in [9.17, 15) is 9.59 Å². The molecule has 2 amide bonds. The molecule has 0 atom stereocenters. The Hall–Kier alpha value is -4.71. The van der Waals surface area contributed by atoms with Gasteiger partial charge >= 0.3 is 0 Å². The molecule has 0 aliphatic heterocycles. The number of allylic oxidation sites excluding steroid dienone is 4. The summed E-state index contributed by atoms with van der Waals surface area (Å²) < 4.78 is 0. The molecule has 0 radical (unpaired) electrons. The van der Waals surface area contributed by atoms with Gasteiger partial charge in [0.05, 0.1) is 5.56 Å². The van der Waals surface area contributed by atoms with Crippen molar-refractivity contribution < 1.29 is 9.59 Å². The van der Waals surface area contributed by atoms with Crippen LogP contribution in [0.25, 0.3) is 22.2 Å². The molecule has 3 N–H and O–H groups in total. The molecule has 0 bridgehead atoms. The van der Waals surface area contributed by atoms with Crippen LogP contribution in [-0.2, 0) is 4.79 Å². The normalized spacial score (nSPS) is 12.8. The van der Waals surface area contributed by atoms with Crippen LogP contribution in [0.5, 0.6) is 0 Å². The maximum Gasteiger partial charge on any atom is 0.257 e. The van der Waals surface area contributed by atoms with E-state index < -0.39 is 0 Å². The molecule has 0 spiro atoms. The van der Waals surface area contributed by atoms with Crippen LogP contribution >= 0.6 is 0 Å². The Morgan fingerprint density at radius 2 is 1.71 bits per heavy atom. The third kappa shape index (κ3) is 4.71. The van der Waals surface area contributed by atoms with E-state index in [1.165, 1.54) is 6.20 Å². The van der Waals surface area contributed by atoms with E-state index in [0.717, 1.165) is 34.3 Å². The fourth-order valence-corrected chi connectivity index (χ4v) is 3.75. The number of anilines is 2. The quantitative estimate of drug-likeness (QED) is 0.359. The van der Waals surface area contributed by atoms with Gasteiger partial charge in [-0.2, -0.15) is 0 Å². The van der Waals surface area contributed by atoms with Crippen molar-refractivity contribution in [2.75, 3.05) is 10.6 Å². The topological polar surface area (TPSA) is 86.9 Å². The number of nitrogens with zero attached hydrogens (tertiary/aromatic N) is 1. The molecular weight excluding hydrogens is 424 g/mol. The van der Waals surface area contributed by atoms with Gasteiger partial charge in [-0.3, -0.25) is 14.6 Å². The first-order valence-electron chi connectivity index (χ1n) is 10.9. The Balaban J connectivity index is 1.30. The van der Waals surface area contributed by atoms with Crippen molar-refractivity contribution in [3.63, 3.8) is 0 Å². The summed E-state index contributed by atoms with van der Waals surface area (Å²) >= 11 is 0. The number of amides is 2. The molecule has 34 heavy (non-hydrogen) atoms. The highest BCUT2D eigenvalue weighted by Gasteiger charge is 2.10. The number of carbonyl (C=O) groups excluding carboxylic acids is 2. The SMILES string of the molecule is O=C(Nc1ccc(-c2cc3cc(NC(=O)c4cccnc4)ccc3[nH]2)cc1)C1=CCC=CC=C1. The van der Waals surface area contributed by atoms with E-state index in [0.29, 0.717) is 16.8 Å². The Kier molecular flexibility index (Phi) is 5.86. The largest absolute Gasteiger partial charge is 0.355 e. The molecule has 6 heteroatoms. The molecule has 0 saturated heterocycles. The number of carbonyl (C=O) groups is 2. The first-order chi connectivity index (χ1) is 16.7. The van der Waals surface area contributed by atoms with Crippen molar-refractivity contribution in [2.24, 2.45) is 0 Å². The van der Waals surface area contributed by atoms with Gasteiger partial charge in [0, 0.05) is 45.9 Å². The maximum absolute atomic E-state index is 12.5. The van der Waals surface area contributed by atoms with Gasteiger partial charge in [0.1, 0.15) is 0 Å². The second kappa shape index (κ2) is 9.42. The number of benzene rings is 2. The fraction of sp³-hybridized carbons (Fsp3) is 0.0357. The van der Waals surface area contributed by atoms with Crippen molar-refractivity contribution in [3.8, 4) is 11.3 Å². The Bertz CT molecular complexity index is 1450. The fourth-order valence-electron chi connectivity index (χ4n) is 3.75. The summed E-state index contributed by atoms with van der Waals surface area (Å²) in [6.45, 7) is 0. The highest BCUT2D eigenvalue weighted by atomic mass is 16.2. The van der Waals surface area contributed by atoms with Crippen LogP contribution in [0.2, 0.25) is 0 Å². The van der Waals surface area contributed by atoms with Crippen LogP contribution in [0, 0.1) is 0 Å². The average molecular weight is 447 g/mol. The number of pyridine rings is 1. The predicted octanol–water partition coefficient (Wildman–Crippen LogP) is 5.86. The van der Waals surface area contributed by atoms with Gasteiger partial charge < -0.3 is 15.6 Å². The van der Waals surface area contributed by atoms with Crippen molar-refractivity contribution in [3.05, 3.63) is 115 Å². The smallest absolute Gasteiger partial charge is 0.257 e. The molecule has 1 aliphatic carbocycles. The molecule has 2 heterocycles. The molecule has 4 aromatic rings. The second-order valence-electron chi connectivity index (χ2n) is 7.89. The zero-order chi connectivity index (χ0) is 23.3. The first-order valence-corrected chi connectivity index (χ1v) is 10.9. The summed E-state index contributed by atoms with van der Waals surface area (Å²) in [5, 5.41) is 6.84. The van der Waals surface area contributed by atoms with Gasteiger partial charge in [0.25, 0.3) is 11.8 Å². The average Bonchev–Trinajstić information content (AvgIpc) is 3.09. The van der Waals surface area contributed by atoms with Crippen LogP contribution in [0.1, 0.15) is 16.8 Å². The van der Waals surface area contributed by atoms with E-state index in [4.69, 9.17) is 0 Å². The van der Waals surface area contributed by atoms with Gasteiger partial charge in [0.15, 0.2) is 0 Å². The highest BCUT2D eigenvalue weighted by Crippen LogP contribution is 2.27. The Morgan fingerprint density at radius 3 is 2.53 bits per heavy atom. The van der Waals surface area contributed by atoms with E-state index in [-0.39, 0.29) is 11.8 Å². The van der Waals surface area contributed by atoms with Crippen LogP contribution in [0.15, 0.2) is 109 Å². The summed E-state index contributed by atoms with van der Waals surface area (Å²) in [5.74, 6) is -0.327. The molecule has 166 valence electrons. The summed E-state index contributed by atoms with van der Waals surface area (Å²) in [4.78, 5) is 32.3. The van der Waals surface area contributed by atoms with Crippen molar-refractivity contribution in [1.29, 1.82) is 0 Å². The zero-order valence-electron chi connectivity index (χ0n) is 18.3. The van der Waals surface area contributed by atoms with Gasteiger partial charge in [-0.15, -0.1) is 0 Å². The molecule has 2 aromatic heterocycles. The van der Waals surface area contributed by atoms with E-state index in [1.54, 1.807) is 18.3 Å². The molecule has 6 nitrogen and oxygen atoms in total. The monoisotopic (exact) mass is 446 g/mol. The van der Waals surface area contributed by atoms with Gasteiger partial charge in [-0.05, 0) is 66.6 Å². The minimum Gasteiger partial charge on any atom is -0.355 e. The first kappa shape index (κ1) is 21.2. The van der Waals surface area contributed by atoms with Crippen LogP contribution in [-0.4, -0.2) is 21.8 Å². The number of H-pyrrole nitrogens is 1. The van der Waals surface area contributed by atoms with E-state index in [1.807, 2.05) is 78.9 Å². The van der Waals surface area contributed by atoms with E-state index >= 15 is 0 Å². The number of nitrogens with one attached hydrogen (secondary N) is 3. The Morgan fingerprint density at radius 1 is 0.882 bits per heavy atom. The lowest BCUT2D eigenvalue weighted by molar-refractivity contribution is -0.112. The number of hydrogen-bond acceptors (Lipinski definition) is 3. The highest BCUT2D eigenvalue weighted by molar-refractivity contribution is 6.06. The molecule has 0 unspecified atom stereocenters. The van der Waals surface area contributed by atoms with Gasteiger partial charge in [-0.25, -0.2) is 0 Å². The lowest BCUT2D eigenvalue weighted by Gasteiger charge is -2.06. The number of rotatable bonds is 5. The standard InChI is InChI=1S/C28H22N4O2/c33-27(20-6-3-1-2-4-7-20)30-23-11-9-19(10-12-23)26-17-22-16-24(13-14-25(22)32-26)31-28(34)21-8-5-15-29-18-21/h1-3,5-18,32H,4H2,(H,30,33)(H,31,34). The summed E-state index contributed by atoms with van der Waals surface area (Å²) in [7, 11) is 0. The predicted molar refractivity (Wildman–Crippen MR) is 136 cm³/mol. The molecule has 0 fully saturated rings. The van der Waals surface area contributed by atoms with Crippen molar-refractivity contribution in [2.45, 2.75) is 6.42 Å². The lowest BCUT2D eigenvalue weighted by Crippen LogP contribution is -2.13. The van der Waals surface area contributed by atoms with Crippen LogP contribution < -0.4 is 10.6 Å². The number of hydrogen-bond donors (Lipinski definition) is 3. The molecule has 1 aliphatic rings. The maximum atomic E-state index is 12.5. The third-order valence-corrected chi connectivity index (χ3v) is 5.52. The van der Waals surface area contributed by atoms with Crippen LogP contribution in [0.3, 0.4) is 0 Å². The molecular formula is C28H22N4O2. The summed E-state index contributed by atoms with van der Waals surface area (Å²) in [5.41, 5.74) is 5.51. The van der Waals surface area contributed by atoms with Crippen LogP contribution in [0.4, 0.5) is 11.4 Å². The van der Waals surface area contributed by atoms with Gasteiger partial charge in [0.2, 0.25) is 0 Å². The lowest BCUT2D eigenvalue weighted by atomic mass is 10.1. The summed E-state index contributed by atoms with van der Waals surface area (Å²) in [6, 6.07) is 18.9. The Labute approximate surface area is 196 Å². The third-order valence-electron chi connectivity index (χ3n) is 5.52. The zero-order valence-corrected chi connectivity index (χ0v) is 18.3. The van der Waals surface area contributed by atoms with Crippen molar-refractivity contribution >= 4 is 34.1 Å². The number of aromatic amines is 1. The molecule has 2 aromatic carbocycles. The second-order valence-corrected chi connectivity index (χ2v) is 7.89. The molecule has 5 rings (SSSR count). The minimum absolute atomic E-state index is 0.126.